The molecule has 0 saturated heterocycles. The predicted molar refractivity (Wildman–Crippen MR) is 131 cm³/mol. The molecule has 0 fully saturated rings. The SMILES string of the molecule is CCOc1ccc(-c2ccc(/C=C3/C(=N)N4C(=NC3=O)SN=C4S(=O)(=O)C(C)C)o2)c([N+](=O)[O-])c1. The minimum Gasteiger partial charge on any atom is -0.494 e. The molecular formula is C21H19N5O7S2. The summed E-state index contributed by atoms with van der Waals surface area (Å²) in [6.45, 7) is 5.08. The molecule has 2 aliphatic rings. The monoisotopic (exact) mass is 517 g/mol. The number of sulfone groups is 1. The second-order valence-electron chi connectivity index (χ2n) is 7.57. The number of furan rings is 1. The number of amidine groups is 3. The van der Waals surface area contributed by atoms with E-state index in [1.165, 1.54) is 44.2 Å². The highest BCUT2D eigenvalue weighted by molar-refractivity contribution is 8.16. The van der Waals surface area contributed by atoms with E-state index in [2.05, 4.69) is 9.39 Å². The first-order valence-corrected chi connectivity index (χ1v) is 12.6. The zero-order chi connectivity index (χ0) is 25.5. The number of ether oxygens (including phenoxy) is 1. The number of benzene rings is 1. The molecule has 14 heteroatoms. The lowest BCUT2D eigenvalue weighted by Gasteiger charge is -2.25. The van der Waals surface area contributed by atoms with E-state index in [0.717, 1.165) is 4.90 Å². The Labute approximate surface area is 204 Å². The van der Waals surface area contributed by atoms with Crippen molar-refractivity contribution in [1.29, 1.82) is 5.41 Å². The van der Waals surface area contributed by atoms with Crippen LogP contribution in [-0.2, 0) is 14.6 Å². The Morgan fingerprint density at radius 2 is 2.06 bits per heavy atom. The Balaban J connectivity index is 1.69. The van der Waals surface area contributed by atoms with E-state index >= 15 is 0 Å². The van der Waals surface area contributed by atoms with Crippen molar-refractivity contribution in [3.05, 3.63) is 51.8 Å². The number of nitro benzene ring substituents is 1. The highest BCUT2D eigenvalue weighted by Crippen LogP contribution is 2.35. The molecule has 0 unspecified atom stereocenters. The number of nitrogens with zero attached hydrogens (tertiary/aromatic N) is 4. The third kappa shape index (κ3) is 4.37. The largest absolute Gasteiger partial charge is 0.494 e. The van der Waals surface area contributed by atoms with Gasteiger partial charge in [-0.3, -0.25) is 20.3 Å². The summed E-state index contributed by atoms with van der Waals surface area (Å²) in [6.07, 6.45) is 1.23. The van der Waals surface area contributed by atoms with Gasteiger partial charge in [-0.1, -0.05) is 0 Å². The predicted octanol–water partition coefficient (Wildman–Crippen LogP) is 3.65. The number of fused-ring (bicyclic) bond motifs is 1. The van der Waals surface area contributed by atoms with Gasteiger partial charge in [0.15, 0.2) is 0 Å². The van der Waals surface area contributed by atoms with Crippen LogP contribution in [0.5, 0.6) is 5.75 Å². The smallest absolute Gasteiger partial charge is 0.284 e. The first-order chi connectivity index (χ1) is 16.5. The average molecular weight is 518 g/mol. The molecule has 0 radical (unpaired) electrons. The Morgan fingerprint density at radius 3 is 2.71 bits per heavy atom. The minimum absolute atomic E-state index is 0.0264. The second-order valence-corrected chi connectivity index (χ2v) is 10.7. The van der Waals surface area contributed by atoms with Crippen molar-refractivity contribution in [2.45, 2.75) is 26.0 Å². The molecule has 0 spiro atoms. The zero-order valence-corrected chi connectivity index (χ0v) is 20.3. The molecule has 4 rings (SSSR count). The second kappa shape index (κ2) is 9.11. The summed E-state index contributed by atoms with van der Waals surface area (Å²) < 4.78 is 40.3. The number of nitro groups is 1. The number of hydrogen-bond donors (Lipinski definition) is 1. The summed E-state index contributed by atoms with van der Waals surface area (Å²) in [4.78, 5) is 28.5. The van der Waals surface area contributed by atoms with Gasteiger partial charge in [-0.15, -0.1) is 0 Å². The van der Waals surface area contributed by atoms with Gasteiger partial charge in [0.2, 0.25) is 20.2 Å². The minimum atomic E-state index is -3.85. The van der Waals surface area contributed by atoms with Crippen LogP contribution in [0.25, 0.3) is 17.4 Å². The molecule has 2 aromatic rings. The molecule has 1 aromatic heterocycles. The molecule has 2 aliphatic heterocycles. The van der Waals surface area contributed by atoms with Crippen molar-refractivity contribution in [2.24, 2.45) is 9.39 Å². The molecule has 3 heterocycles. The molecule has 0 bridgehead atoms. The van der Waals surface area contributed by atoms with Crippen molar-refractivity contribution < 1.29 is 27.3 Å². The number of carbonyl (C=O) groups is 1. The van der Waals surface area contributed by atoms with Crippen LogP contribution in [0.3, 0.4) is 0 Å². The molecule has 0 saturated carbocycles. The third-order valence-electron chi connectivity index (χ3n) is 5.03. The van der Waals surface area contributed by atoms with E-state index in [-0.39, 0.29) is 38.7 Å². The first kappa shape index (κ1) is 24.3. The maximum atomic E-state index is 12.7. The molecule has 1 amide bonds. The van der Waals surface area contributed by atoms with Gasteiger partial charge in [-0.2, -0.15) is 9.39 Å². The van der Waals surface area contributed by atoms with Gasteiger partial charge in [0.1, 0.15) is 23.1 Å². The Morgan fingerprint density at radius 1 is 1.31 bits per heavy atom. The highest BCUT2D eigenvalue weighted by atomic mass is 32.2. The van der Waals surface area contributed by atoms with Crippen LogP contribution in [-0.4, -0.2) is 52.2 Å². The summed E-state index contributed by atoms with van der Waals surface area (Å²) >= 11 is 0.703. The van der Waals surface area contributed by atoms with Gasteiger partial charge in [-0.05, 0) is 51.1 Å². The summed E-state index contributed by atoms with van der Waals surface area (Å²) in [5.74, 6) is -0.571. The van der Waals surface area contributed by atoms with Crippen molar-refractivity contribution in [1.82, 2.24) is 4.90 Å². The number of carbonyl (C=O) groups excluding carboxylic acids is 1. The molecule has 1 N–H and O–H groups in total. The number of aliphatic imine (C=N–C) groups is 1. The summed E-state index contributed by atoms with van der Waals surface area (Å²) in [7, 11) is -3.85. The van der Waals surface area contributed by atoms with Gasteiger partial charge in [0.05, 0.1) is 45.9 Å². The topological polar surface area (TPSA) is 169 Å². The van der Waals surface area contributed by atoms with Crippen LogP contribution in [0, 0.1) is 15.5 Å². The van der Waals surface area contributed by atoms with Crippen molar-refractivity contribution in [3.63, 3.8) is 0 Å². The summed E-state index contributed by atoms with van der Waals surface area (Å²) in [5, 5.41) is 18.9. The van der Waals surface area contributed by atoms with Crippen molar-refractivity contribution in [2.75, 3.05) is 6.61 Å². The average Bonchev–Trinajstić information content (AvgIpc) is 3.44. The molecule has 35 heavy (non-hydrogen) atoms. The number of amides is 1. The molecule has 0 aliphatic carbocycles. The molecule has 0 atom stereocenters. The standard InChI is InChI=1S/C21H19N5O7S2/c1-4-32-12-5-7-14(16(10-12)26(28)29)17-8-6-13(33-17)9-15-18(22)25-20(23-19(15)27)34-24-21(25)35(30,31)11(2)3/h5-11,22H,4H2,1-3H3/b15-9-,22-18?. The van der Waals surface area contributed by atoms with Crippen LogP contribution in [0.4, 0.5) is 5.69 Å². The number of nitrogens with one attached hydrogen (secondary N) is 1. The summed E-state index contributed by atoms with van der Waals surface area (Å²) in [6, 6.07) is 7.31. The van der Waals surface area contributed by atoms with Crippen LogP contribution < -0.4 is 4.74 Å². The highest BCUT2D eigenvalue weighted by Gasteiger charge is 2.43. The fraction of sp³-hybridized carbons (Fsp3) is 0.238. The van der Waals surface area contributed by atoms with E-state index < -0.39 is 31.8 Å². The lowest BCUT2D eigenvalue weighted by atomic mass is 10.1. The number of rotatable bonds is 6. The Bertz CT molecular complexity index is 1450. The first-order valence-electron chi connectivity index (χ1n) is 10.3. The third-order valence-corrected chi connectivity index (χ3v) is 7.87. The number of hydrogen-bond acceptors (Lipinski definition) is 10. The van der Waals surface area contributed by atoms with Crippen LogP contribution in [0.1, 0.15) is 26.5 Å². The molecular weight excluding hydrogens is 498 g/mol. The molecule has 182 valence electrons. The quantitative estimate of drug-likeness (QED) is 0.260. The van der Waals surface area contributed by atoms with Crippen molar-refractivity contribution in [3.8, 4) is 17.1 Å². The lowest BCUT2D eigenvalue weighted by Crippen LogP contribution is -2.46. The van der Waals surface area contributed by atoms with Crippen LogP contribution in [0.2, 0.25) is 0 Å². The maximum absolute atomic E-state index is 12.7. The van der Waals surface area contributed by atoms with Crippen molar-refractivity contribution >= 4 is 55.6 Å². The normalized spacial score (nSPS) is 17.0. The van der Waals surface area contributed by atoms with E-state index in [1.807, 2.05) is 0 Å². The van der Waals surface area contributed by atoms with E-state index in [1.54, 1.807) is 13.0 Å². The van der Waals surface area contributed by atoms with Crippen LogP contribution >= 0.6 is 11.9 Å². The van der Waals surface area contributed by atoms with Crippen LogP contribution in [0.15, 0.2) is 49.7 Å². The zero-order valence-electron chi connectivity index (χ0n) is 18.7. The Hall–Kier alpha value is -3.78. The molecule has 1 aromatic carbocycles. The van der Waals surface area contributed by atoms with Gasteiger partial charge < -0.3 is 9.15 Å². The van der Waals surface area contributed by atoms with Gasteiger partial charge in [0.25, 0.3) is 11.6 Å². The van der Waals surface area contributed by atoms with Gasteiger partial charge in [0, 0.05) is 0 Å². The Kier molecular flexibility index (Phi) is 6.34. The molecule has 12 nitrogen and oxygen atoms in total. The lowest BCUT2D eigenvalue weighted by molar-refractivity contribution is -0.384. The van der Waals surface area contributed by atoms with Gasteiger partial charge >= 0.3 is 0 Å². The summed E-state index contributed by atoms with van der Waals surface area (Å²) in [5.41, 5.74) is -0.249. The fourth-order valence-electron chi connectivity index (χ4n) is 3.24. The van der Waals surface area contributed by atoms with E-state index in [4.69, 9.17) is 14.6 Å². The fourth-order valence-corrected chi connectivity index (χ4v) is 5.30. The van der Waals surface area contributed by atoms with E-state index in [9.17, 15) is 23.3 Å². The van der Waals surface area contributed by atoms with E-state index in [0.29, 0.717) is 24.3 Å². The van der Waals surface area contributed by atoms with Gasteiger partial charge in [-0.25, -0.2) is 13.3 Å². The maximum Gasteiger partial charge on any atom is 0.284 e.